The van der Waals surface area contributed by atoms with Crippen LogP contribution in [0.1, 0.15) is 22.3 Å². The fraction of sp³-hybridized carbons (Fsp3) is 0.174. The number of hydrogen-bond acceptors (Lipinski definition) is 3. The molecule has 2 N–H and O–H groups in total. The van der Waals surface area contributed by atoms with E-state index in [-0.39, 0.29) is 11.9 Å². The van der Waals surface area contributed by atoms with E-state index in [0.29, 0.717) is 17.8 Å². The van der Waals surface area contributed by atoms with E-state index in [0.717, 1.165) is 35.2 Å². The molecule has 29 heavy (non-hydrogen) atoms. The molecule has 2 aromatic carbocycles. The summed E-state index contributed by atoms with van der Waals surface area (Å²) in [7, 11) is 1.62. The maximum atomic E-state index is 12.7. The molecule has 1 aliphatic heterocycles. The van der Waals surface area contributed by atoms with Crippen molar-refractivity contribution in [1.82, 2.24) is 10.3 Å². The predicted octanol–water partition coefficient (Wildman–Crippen LogP) is 4.09. The molecule has 6 nitrogen and oxygen atoms in total. The van der Waals surface area contributed by atoms with Crippen molar-refractivity contribution in [3.8, 4) is 11.1 Å². The number of aryl methyl sites for hydroxylation is 1. The van der Waals surface area contributed by atoms with Crippen LogP contribution in [0.3, 0.4) is 0 Å². The minimum atomic E-state index is -0.187. The first kappa shape index (κ1) is 18.7. The molecule has 0 unspecified atom stereocenters. The van der Waals surface area contributed by atoms with Gasteiger partial charge in [-0.2, -0.15) is 0 Å². The molecule has 0 aliphatic carbocycles. The van der Waals surface area contributed by atoms with E-state index in [9.17, 15) is 9.59 Å². The molecule has 1 aromatic heterocycles. The lowest BCUT2D eigenvalue weighted by molar-refractivity contribution is 0.102. The molecule has 3 amide bonds. The lowest BCUT2D eigenvalue weighted by Crippen LogP contribution is -2.41. The topological polar surface area (TPSA) is 74.3 Å². The summed E-state index contributed by atoms with van der Waals surface area (Å²) < 4.78 is 0. The zero-order valence-corrected chi connectivity index (χ0v) is 16.2. The molecule has 4 rings (SSSR count). The van der Waals surface area contributed by atoms with Gasteiger partial charge in [0.1, 0.15) is 0 Å². The van der Waals surface area contributed by atoms with E-state index < -0.39 is 0 Å². The number of amides is 3. The monoisotopic (exact) mass is 386 g/mol. The van der Waals surface area contributed by atoms with Crippen LogP contribution in [-0.4, -0.2) is 30.5 Å². The molecule has 0 fully saturated rings. The Hall–Kier alpha value is -3.67. The van der Waals surface area contributed by atoms with Crippen LogP contribution in [-0.2, 0) is 6.42 Å². The minimum absolute atomic E-state index is 0.138. The summed E-state index contributed by atoms with van der Waals surface area (Å²) in [5, 5.41) is 5.61. The van der Waals surface area contributed by atoms with E-state index in [2.05, 4.69) is 15.6 Å². The first-order valence-electron chi connectivity index (χ1n) is 9.60. The smallest absolute Gasteiger partial charge is 0.321 e. The summed E-state index contributed by atoms with van der Waals surface area (Å²) in [6.45, 7) is 0.667. The molecule has 0 saturated carbocycles. The number of anilines is 2. The van der Waals surface area contributed by atoms with Gasteiger partial charge in [-0.1, -0.05) is 18.2 Å². The van der Waals surface area contributed by atoms with Crippen LogP contribution in [0.15, 0.2) is 67.0 Å². The van der Waals surface area contributed by atoms with Crippen molar-refractivity contribution < 1.29 is 9.59 Å². The van der Waals surface area contributed by atoms with E-state index in [1.807, 2.05) is 42.5 Å². The standard InChI is InChI=1S/C23H22N4O2/c1-24-23(29)27-14-2-3-18-8-9-20(15-21(18)27)26-22(28)19-6-4-16(5-7-19)17-10-12-25-13-11-17/h4-13,15H,2-3,14H2,1H3,(H,24,29)(H,26,28). The van der Waals surface area contributed by atoms with Gasteiger partial charge in [0, 0.05) is 37.2 Å². The SMILES string of the molecule is CNC(=O)N1CCCc2ccc(NC(=O)c3ccc(-c4ccncc4)cc3)cc21. The van der Waals surface area contributed by atoms with Crippen molar-refractivity contribution in [3.05, 3.63) is 78.1 Å². The largest absolute Gasteiger partial charge is 0.341 e. The van der Waals surface area contributed by atoms with Crippen molar-refractivity contribution >= 4 is 23.3 Å². The van der Waals surface area contributed by atoms with E-state index >= 15 is 0 Å². The molecule has 146 valence electrons. The van der Waals surface area contributed by atoms with E-state index in [1.165, 1.54) is 0 Å². The van der Waals surface area contributed by atoms with Crippen molar-refractivity contribution in [3.63, 3.8) is 0 Å². The molecule has 6 heteroatoms. The second-order valence-electron chi connectivity index (χ2n) is 6.92. The Balaban J connectivity index is 1.52. The number of fused-ring (bicyclic) bond motifs is 1. The summed E-state index contributed by atoms with van der Waals surface area (Å²) in [5.41, 5.74) is 5.28. The van der Waals surface area contributed by atoms with Crippen molar-refractivity contribution in [2.24, 2.45) is 0 Å². The Labute approximate surface area is 169 Å². The highest BCUT2D eigenvalue weighted by molar-refractivity contribution is 6.05. The van der Waals surface area contributed by atoms with Crippen LogP contribution < -0.4 is 15.5 Å². The quantitative estimate of drug-likeness (QED) is 0.712. The van der Waals surface area contributed by atoms with Crippen LogP contribution >= 0.6 is 0 Å². The maximum absolute atomic E-state index is 12.7. The van der Waals surface area contributed by atoms with Gasteiger partial charge in [-0.05, 0) is 65.9 Å². The third-order valence-electron chi connectivity index (χ3n) is 5.08. The van der Waals surface area contributed by atoms with Crippen molar-refractivity contribution in [2.45, 2.75) is 12.8 Å². The summed E-state index contributed by atoms with van der Waals surface area (Å²) in [6, 6.07) is 16.9. The molecule has 0 spiro atoms. The average Bonchev–Trinajstić information content (AvgIpc) is 2.78. The molecule has 0 radical (unpaired) electrons. The fourth-order valence-corrected chi connectivity index (χ4v) is 3.56. The number of nitrogens with one attached hydrogen (secondary N) is 2. The molecule has 0 bridgehead atoms. The lowest BCUT2D eigenvalue weighted by Gasteiger charge is -2.29. The summed E-state index contributed by atoms with van der Waals surface area (Å²) >= 11 is 0. The third kappa shape index (κ3) is 3.96. The molecular weight excluding hydrogens is 364 g/mol. The number of pyridine rings is 1. The number of benzene rings is 2. The highest BCUT2D eigenvalue weighted by atomic mass is 16.2. The Bertz CT molecular complexity index is 1030. The first-order chi connectivity index (χ1) is 14.2. The normalized spacial score (nSPS) is 12.8. The fourth-order valence-electron chi connectivity index (χ4n) is 3.56. The molecule has 1 aliphatic rings. The zero-order valence-electron chi connectivity index (χ0n) is 16.2. The molecule has 3 aromatic rings. The average molecular weight is 386 g/mol. The first-order valence-corrected chi connectivity index (χ1v) is 9.60. The maximum Gasteiger partial charge on any atom is 0.321 e. The Morgan fingerprint density at radius 1 is 0.966 bits per heavy atom. The van der Waals surface area contributed by atoms with E-state index in [1.54, 1.807) is 36.5 Å². The Morgan fingerprint density at radius 3 is 2.41 bits per heavy atom. The van der Waals surface area contributed by atoms with Gasteiger partial charge in [0.25, 0.3) is 5.91 Å². The predicted molar refractivity (Wildman–Crippen MR) is 114 cm³/mol. The lowest BCUT2D eigenvalue weighted by atomic mass is 10.0. The number of hydrogen-bond donors (Lipinski definition) is 2. The van der Waals surface area contributed by atoms with Crippen LogP contribution in [0.5, 0.6) is 0 Å². The van der Waals surface area contributed by atoms with Gasteiger partial charge in [-0.3, -0.25) is 14.7 Å². The third-order valence-corrected chi connectivity index (χ3v) is 5.08. The highest BCUT2D eigenvalue weighted by Crippen LogP contribution is 2.30. The molecule has 0 atom stereocenters. The number of carbonyl (C=O) groups is 2. The van der Waals surface area contributed by atoms with Gasteiger partial charge in [-0.25, -0.2) is 4.79 Å². The number of carbonyl (C=O) groups excluding carboxylic acids is 2. The molecular formula is C23H22N4O2. The van der Waals surface area contributed by atoms with Gasteiger partial charge in [0.2, 0.25) is 0 Å². The van der Waals surface area contributed by atoms with E-state index in [4.69, 9.17) is 0 Å². The molecule has 0 saturated heterocycles. The number of urea groups is 1. The second-order valence-corrected chi connectivity index (χ2v) is 6.92. The van der Waals surface area contributed by atoms with Crippen LogP contribution in [0.2, 0.25) is 0 Å². The highest BCUT2D eigenvalue weighted by Gasteiger charge is 2.22. The van der Waals surface area contributed by atoms with Gasteiger partial charge in [-0.15, -0.1) is 0 Å². The zero-order chi connectivity index (χ0) is 20.2. The van der Waals surface area contributed by atoms with Gasteiger partial charge >= 0.3 is 6.03 Å². The second kappa shape index (κ2) is 8.14. The summed E-state index contributed by atoms with van der Waals surface area (Å²) in [5.74, 6) is -0.187. The van der Waals surface area contributed by atoms with Gasteiger partial charge in [0.15, 0.2) is 0 Å². The van der Waals surface area contributed by atoms with Crippen molar-refractivity contribution in [2.75, 3.05) is 23.8 Å². The van der Waals surface area contributed by atoms with Crippen molar-refractivity contribution in [1.29, 1.82) is 0 Å². The summed E-state index contributed by atoms with van der Waals surface area (Å²) in [4.78, 5) is 30.6. The molecule has 2 heterocycles. The number of rotatable bonds is 3. The Kier molecular flexibility index (Phi) is 5.24. The Morgan fingerprint density at radius 2 is 1.69 bits per heavy atom. The number of aromatic nitrogens is 1. The number of nitrogens with zero attached hydrogens (tertiary/aromatic N) is 2. The minimum Gasteiger partial charge on any atom is -0.341 e. The van der Waals surface area contributed by atoms with Crippen LogP contribution in [0, 0.1) is 0 Å². The van der Waals surface area contributed by atoms with Gasteiger partial charge in [0.05, 0.1) is 5.69 Å². The van der Waals surface area contributed by atoms with Crippen LogP contribution in [0.4, 0.5) is 16.2 Å². The summed E-state index contributed by atoms with van der Waals surface area (Å²) in [6.07, 6.45) is 5.34. The van der Waals surface area contributed by atoms with Gasteiger partial charge < -0.3 is 10.6 Å². The van der Waals surface area contributed by atoms with Crippen LogP contribution in [0.25, 0.3) is 11.1 Å².